The topological polar surface area (TPSA) is 55.7 Å². The van der Waals surface area contributed by atoms with Crippen LogP contribution in [0, 0.1) is 11.7 Å². The second-order valence-electron chi connectivity index (χ2n) is 5.69. The maximum Gasteiger partial charge on any atom is 0.336 e. The molecule has 0 saturated heterocycles. The number of benzene rings is 1. The summed E-state index contributed by atoms with van der Waals surface area (Å²) in [5.74, 6) is -1.79. The molecule has 1 saturated carbocycles. The van der Waals surface area contributed by atoms with E-state index >= 15 is 0 Å². The molecule has 2 aliphatic rings. The van der Waals surface area contributed by atoms with Crippen LogP contribution in [0.15, 0.2) is 38.9 Å². The third kappa shape index (κ3) is 2.65. The van der Waals surface area contributed by atoms with Crippen LogP contribution >= 0.6 is 15.9 Å². The van der Waals surface area contributed by atoms with E-state index in [0.717, 1.165) is 5.71 Å². The van der Waals surface area contributed by atoms with E-state index < -0.39 is 23.6 Å². The van der Waals surface area contributed by atoms with Gasteiger partial charge in [-0.05, 0) is 47.0 Å². The number of allylic oxidation sites excluding steroid dienone is 1. The number of fused-ring (bicyclic) bond motifs is 1. The Morgan fingerprint density at radius 1 is 1.35 bits per heavy atom. The van der Waals surface area contributed by atoms with Crippen LogP contribution in [-0.4, -0.2) is 24.6 Å². The molecule has 1 aliphatic heterocycles. The Hall–Kier alpha value is -1.82. The quantitative estimate of drug-likeness (QED) is 0.738. The molecule has 0 N–H and O–H groups in total. The van der Waals surface area contributed by atoms with Crippen molar-refractivity contribution >= 4 is 33.4 Å². The summed E-state index contributed by atoms with van der Waals surface area (Å²) < 4.78 is 18.8. The molecule has 0 spiro atoms. The highest BCUT2D eigenvalue weighted by atomic mass is 79.9. The van der Waals surface area contributed by atoms with Crippen LogP contribution in [0.2, 0.25) is 0 Å². The van der Waals surface area contributed by atoms with Crippen LogP contribution in [0.1, 0.15) is 31.2 Å². The van der Waals surface area contributed by atoms with E-state index in [2.05, 4.69) is 20.9 Å². The summed E-state index contributed by atoms with van der Waals surface area (Å²) in [7, 11) is 1.30. The molecular weight excluding hydrogens is 365 g/mol. The number of ether oxygens (including phenoxy) is 1. The van der Waals surface area contributed by atoms with Crippen LogP contribution in [0.3, 0.4) is 0 Å². The first-order valence-electron chi connectivity index (χ1n) is 7.28. The zero-order valence-electron chi connectivity index (χ0n) is 12.7. The minimum Gasteiger partial charge on any atom is -0.466 e. The summed E-state index contributed by atoms with van der Waals surface area (Å²) in [6.07, 6.45) is 1.03. The lowest BCUT2D eigenvalue weighted by Gasteiger charge is -2.29. The maximum absolute atomic E-state index is 13.6. The lowest BCUT2D eigenvalue weighted by molar-refractivity contribution is -0.136. The van der Waals surface area contributed by atoms with Gasteiger partial charge in [-0.15, -0.1) is 0 Å². The number of carbonyl (C=O) groups excluding carboxylic acids is 2. The number of nitrogens with zero attached hydrogens (tertiary/aromatic N) is 1. The number of methoxy groups -OCH3 is 1. The van der Waals surface area contributed by atoms with Crippen molar-refractivity contribution in [2.75, 3.05) is 7.11 Å². The number of Topliss-reactive ketones (excluding diaryl/α,β-unsaturated/α-hetero) is 1. The molecule has 23 heavy (non-hydrogen) atoms. The lowest BCUT2D eigenvalue weighted by atomic mass is 9.76. The number of esters is 1. The van der Waals surface area contributed by atoms with E-state index in [1.165, 1.54) is 13.2 Å². The van der Waals surface area contributed by atoms with E-state index in [-0.39, 0.29) is 5.78 Å². The average Bonchev–Trinajstić information content (AvgIpc) is 2.89. The first-order valence-corrected chi connectivity index (χ1v) is 8.07. The summed E-state index contributed by atoms with van der Waals surface area (Å²) in [6, 6.07) is 4.55. The van der Waals surface area contributed by atoms with Crippen LogP contribution in [0.25, 0.3) is 0 Å². The molecule has 2 unspecified atom stereocenters. The number of rotatable bonds is 2. The fourth-order valence-electron chi connectivity index (χ4n) is 3.37. The Morgan fingerprint density at radius 2 is 2.09 bits per heavy atom. The smallest absolute Gasteiger partial charge is 0.336 e. The molecular formula is C17H15BrFNO3. The minimum atomic E-state index is -0.504. The van der Waals surface area contributed by atoms with E-state index in [4.69, 9.17) is 4.74 Å². The minimum absolute atomic E-state index is 0.0584. The Balaban J connectivity index is 2.19. The predicted molar refractivity (Wildman–Crippen MR) is 86.7 cm³/mol. The van der Waals surface area contributed by atoms with Gasteiger partial charge in [0, 0.05) is 23.7 Å². The van der Waals surface area contributed by atoms with Gasteiger partial charge < -0.3 is 4.74 Å². The number of aliphatic imine (C=N–C) groups is 1. The van der Waals surface area contributed by atoms with Crippen LogP contribution in [-0.2, 0) is 14.3 Å². The van der Waals surface area contributed by atoms with Crippen molar-refractivity contribution in [1.29, 1.82) is 0 Å². The van der Waals surface area contributed by atoms with Crippen molar-refractivity contribution in [1.82, 2.24) is 0 Å². The van der Waals surface area contributed by atoms with Gasteiger partial charge >= 0.3 is 5.97 Å². The molecule has 1 aromatic carbocycles. The number of carbonyl (C=O) groups is 2. The molecule has 0 radical (unpaired) electrons. The molecule has 4 nitrogen and oxygen atoms in total. The summed E-state index contributed by atoms with van der Waals surface area (Å²) in [5, 5.41) is 0. The predicted octanol–water partition coefficient (Wildman–Crippen LogP) is 3.55. The SMILES string of the molecule is COC(=O)C1=C(C)N=C2CCC(=O)C2C1c1ccc(F)c(Br)c1. The zero-order chi connectivity index (χ0) is 16.7. The van der Waals surface area contributed by atoms with Gasteiger partial charge in [-0.25, -0.2) is 9.18 Å². The number of halogens is 2. The molecule has 6 heteroatoms. The monoisotopic (exact) mass is 379 g/mol. The van der Waals surface area contributed by atoms with Crippen LogP contribution in [0.5, 0.6) is 0 Å². The molecule has 2 atom stereocenters. The van der Waals surface area contributed by atoms with Gasteiger partial charge in [-0.1, -0.05) is 6.07 Å². The molecule has 120 valence electrons. The van der Waals surface area contributed by atoms with Crippen molar-refractivity contribution in [2.24, 2.45) is 10.9 Å². The summed E-state index contributed by atoms with van der Waals surface area (Å²) in [6.45, 7) is 1.74. The summed E-state index contributed by atoms with van der Waals surface area (Å²) in [5.41, 5.74) is 2.43. The van der Waals surface area contributed by atoms with Gasteiger partial charge in [0.2, 0.25) is 0 Å². The Bertz CT molecular complexity index is 769. The molecule has 0 aromatic heterocycles. The van der Waals surface area contributed by atoms with Crippen molar-refractivity contribution in [3.8, 4) is 0 Å². The second-order valence-corrected chi connectivity index (χ2v) is 6.54. The highest BCUT2D eigenvalue weighted by Gasteiger charge is 2.45. The highest BCUT2D eigenvalue weighted by Crippen LogP contribution is 2.44. The maximum atomic E-state index is 13.6. The van der Waals surface area contributed by atoms with Crippen molar-refractivity contribution < 1.29 is 18.7 Å². The lowest BCUT2D eigenvalue weighted by Crippen LogP contribution is -2.31. The van der Waals surface area contributed by atoms with Gasteiger partial charge in [0.15, 0.2) is 0 Å². The highest BCUT2D eigenvalue weighted by molar-refractivity contribution is 9.10. The molecule has 0 amide bonds. The Kier molecular flexibility index (Phi) is 4.19. The van der Waals surface area contributed by atoms with Crippen LogP contribution < -0.4 is 0 Å². The van der Waals surface area contributed by atoms with Gasteiger partial charge in [0.25, 0.3) is 0 Å². The molecule has 1 aromatic rings. The molecule has 1 aliphatic carbocycles. The van der Waals surface area contributed by atoms with Gasteiger partial charge in [-0.3, -0.25) is 9.79 Å². The van der Waals surface area contributed by atoms with E-state index in [1.54, 1.807) is 19.1 Å². The normalized spacial score (nSPS) is 23.7. The second kappa shape index (κ2) is 6.00. The molecule has 1 fully saturated rings. The first kappa shape index (κ1) is 16.1. The zero-order valence-corrected chi connectivity index (χ0v) is 14.3. The number of hydrogen-bond acceptors (Lipinski definition) is 4. The molecule has 1 heterocycles. The average molecular weight is 380 g/mol. The standard InChI is InChI=1S/C17H15BrFNO3/c1-8-14(17(22)23-2)15(9-3-4-11(19)10(18)7-9)16-12(20-8)5-6-13(16)21/h3-4,7,15-16H,5-6H2,1-2H3. The Labute approximate surface area is 141 Å². The van der Waals surface area contributed by atoms with Crippen molar-refractivity contribution in [2.45, 2.75) is 25.7 Å². The largest absolute Gasteiger partial charge is 0.466 e. The molecule has 3 rings (SSSR count). The first-order chi connectivity index (χ1) is 10.9. The van der Waals surface area contributed by atoms with Gasteiger partial charge in [0.1, 0.15) is 11.6 Å². The number of hydrogen-bond donors (Lipinski definition) is 0. The van der Waals surface area contributed by atoms with Gasteiger partial charge in [-0.2, -0.15) is 0 Å². The summed E-state index contributed by atoms with van der Waals surface area (Å²) in [4.78, 5) is 29.1. The number of ketones is 1. The van der Waals surface area contributed by atoms with E-state index in [0.29, 0.717) is 34.1 Å². The van der Waals surface area contributed by atoms with E-state index in [9.17, 15) is 14.0 Å². The Morgan fingerprint density at radius 3 is 2.74 bits per heavy atom. The van der Waals surface area contributed by atoms with Crippen molar-refractivity contribution in [3.63, 3.8) is 0 Å². The van der Waals surface area contributed by atoms with Gasteiger partial charge in [0.05, 0.1) is 23.1 Å². The van der Waals surface area contributed by atoms with Crippen LogP contribution in [0.4, 0.5) is 4.39 Å². The summed E-state index contributed by atoms with van der Waals surface area (Å²) >= 11 is 3.17. The third-order valence-corrected chi connectivity index (χ3v) is 4.99. The molecule has 0 bridgehead atoms. The fraction of sp³-hybridized carbons (Fsp3) is 0.353. The van der Waals surface area contributed by atoms with E-state index in [1.807, 2.05) is 0 Å². The van der Waals surface area contributed by atoms with Crippen molar-refractivity contribution in [3.05, 3.63) is 45.3 Å². The third-order valence-electron chi connectivity index (χ3n) is 4.39. The fourth-order valence-corrected chi connectivity index (χ4v) is 3.77.